The van der Waals surface area contributed by atoms with E-state index in [4.69, 9.17) is 0 Å². The minimum absolute atomic E-state index is 0.0582. The zero-order valence-corrected chi connectivity index (χ0v) is 7.57. The molecule has 2 nitrogen and oxygen atoms in total. The first-order valence-corrected chi connectivity index (χ1v) is 4.76. The molecule has 1 spiro atoms. The van der Waals surface area contributed by atoms with E-state index >= 15 is 0 Å². The van der Waals surface area contributed by atoms with Gasteiger partial charge in [-0.05, 0) is 18.9 Å². The van der Waals surface area contributed by atoms with Crippen molar-refractivity contribution >= 4 is 5.78 Å². The number of ketones is 1. The Kier molecular flexibility index (Phi) is 2.08. The lowest BCUT2D eigenvalue weighted by molar-refractivity contribution is -0.115. The van der Waals surface area contributed by atoms with Gasteiger partial charge in [0.25, 0.3) is 0 Å². The van der Waals surface area contributed by atoms with Gasteiger partial charge in [0.05, 0.1) is 6.61 Å². The van der Waals surface area contributed by atoms with Gasteiger partial charge in [-0.1, -0.05) is 18.2 Å². The first-order valence-electron chi connectivity index (χ1n) is 4.76. The molecule has 0 fully saturated rings. The van der Waals surface area contributed by atoms with E-state index in [0.717, 1.165) is 12.8 Å². The van der Waals surface area contributed by atoms with Gasteiger partial charge in [0.2, 0.25) is 0 Å². The van der Waals surface area contributed by atoms with E-state index in [0.29, 0.717) is 6.42 Å². The number of carbonyl (C=O) groups is 1. The van der Waals surface area contributed by atoms with Gasteiger partial charge in [0.1, 0.15) is 0 Å². The second kappa shape index (κ2) is 3.11. The first-order chi connectivity index (χ1) is 6.27. The summed E-state index contributed by atoms with van der Waals surface area (Å²) in [5.74, 6) is 0.436. The van der Waals surface area contributed by atoms with Crippen molar-refractivity contribution in [3.8, 4) is 0 Å². The molecular formula is C11H14O2. The SMILES string of the molecule is O=C1C=C[C@@]2(CC=C[C@@H]2CO)CC1. The van der Waals surface area contributed by atoms with Crippen molar-refractivity contribution in [2.24, 2.45) is 11.3 Å². The number of allylic oxidation sites excluding steroid dienone is 3. The fourth-order valence-electron chi connectivity index (χ4n) is 2.30. The fourth-order valence-corrected chi connectivity index (χ4v) is 2.30. The molecule has 0 aromatic heterocycles. The summed E-state index contributed by atoms with van der Waals surface area (Å²) in [6.07, 6.45) is 10.4. The highest BCUT2D eigenvalue weighted by atomic mass is 16.3. The Bertz CT molecular complexity index is 278. The van der Waals surface area contributed by atoms with Crippen molar-refractivity contribution in [2.75, 3.05) is 6.61 Å². The van der Waals surface area contributed by atoms with E-state index in [2.05, 4.69) is 12.2 Å². The maximum atomic E-state index is 11.0. The molecule has 70 valence electrons. The van der Waals surface area contributed by atoms with Crippen LogP contribution in [0.1, 0.15) is 19.3 Å². The lowest BCUT2D eigenvalue weighted by Crippen LogP contribution is -2.29. The third kappa shape index (κ3) is 1.35. The number of hydrogen-bond donors (Lipinski definition) is 1. The lowest BCUT2D eigenvalue weighted by atomic mass is 9.71. The van der Waals surface area contributed by atoms with Crippen molar-refractivity contribution in [3.63, 3.8) is 0 Å². The molecule has 0 heterocycles. The lowest BCUT2D eigenvalue weighted by Gasteiger charge is -2.33. The van der Waals surface area contributed by atoms with Crippen LogP contribution in [0.25, 0.3) is 0 Å². The molecule has 0 saturated heterocycles. The molecule has 1 N–H and O–H groups in total. The number of carbonyl (C=O) groups excluding carboxylic acids is 1. The molecule has 0 aromatic rings. The van der Waals surface area contributed by atoms with E-state index < -0.39 is 0 Å². The number of rotatable bonds is 1. The summed E-state index contributed by atoms with van der Waals surface area (Å²) in [5.41, 5.74) is 0.0582. The van der Waals surface area contributed by atoms with Crippen LogP contribution >= 0.6 is 0 Å². The minimum atomic E-state index is 0.0582. The molecular weight excluding hydrogens is 164 g/mol. The molecule has 0 saturated carbocycles. The van der Waals surface area contributed by atoms with Crippen LogP contribution in [0.2, 0.25) is 0 Å². The van der Waals surface area contributed by atoms with Gasteiger partial charge >= 0.3 is 0 Å². The summed E-state index contributed by atoms with van der Waals surface area (Å²) < 4.78 is 0. The van der Waals surface area contributed by atoms with E-state index in [1.165, 1.54) is 0 Å². The highest BCUT2D eigenvalue weighted by molar-refractivity contribution is 5.90. The Hall–Kier alpha value is -0.890. The minimum Gasteiger partial charge on any atom is -0.396 e. The molecule has 2 heteroatoms. The van der Waals surface area contributed by atoms with Crippen molar-refractivity contribution in [1.29, 1.82) is 0 Å². The van der Waals surface area contributed by atoms with Gasteiger partial charge in [-0.3, -0.25) is 4.79 Å². The average molecular weight is 178 g/mol. The van der Waals surface area contributed by atoms with E-state index in [-0.39, 0.29) is 23.7 Å². The third-order valence-electron chi connectivity index (χ3n) is 3.24. The largest absolute Gasteiger partial charge is 0.396 e. The van der Waals surface area contributed by atoms with Crippen LogP contribution < -0.4 is 0 Å². The maximum absolute atomic E-state index is 11.0. The van der Waals surface area contributed by atoms with Crippen LogP contribution in [-0.4, -0.2) is 17.5 Å². The quantitative estimate of drug-likeness (QED) is 0.617. The van der Waals surface area contributed by atoms with Crippen molar-refractivity contribution in [1.82, 2.24) is 0 Å². The van der Waals surface area contributed by atoms with Gasteiger partial charge in [-0.2, -0.15) is 0 Å². The molecule has 2 atom stereocenters. The normalized spacial score (nSPS) is 37.6. The van der Waals surface area contributed by atoms with Gasteiger partial charge in [0.15, 0.2) is 5.78 Å². The monoisotopic (exact) mass is 178 g/mol. The van der Waals surface area contributed by atoms with E-state index in [1.807, 2.05) is 6.08 Å². The Morgan fingerprint density at radius 2 is 2.46 bits per heavy atom. The molecule has 0 radical (unpaired) electrons. The predicted octanol–water partition coefficient (Wildman–Crippen LogP) is 1.46. The van der Waals surface area contributed by atoms with Gasteiger partial charge in [0, 0.05) is 17.8 Å². The van der Waals surface area contributed by atoms with E-state index in [9.17, 15) is 9.90 Å². The Morgan fingerprint density at radius 1 is 1.62 bits per heavy atom. The molecule has 13 heavy (non-hydrogen) atoms. The van der Waals surface area contributed by atoms with Crippen molar-refractivity contribution < 1.29 is 9.90 Å². The zero-order chi connectivity index (χ0) is 9.31. The summed E-state index contributed by atoms with van der Waals surface area (Å²) in [4.78, 5) is 11.0. The van der Waals surface area contributed by atoms with Gasteiger partial charge < -0.3 is 5.11 Å². The van der Waals surface area contributed by atoms with Crippen LogP contribution in [0.4, 0.5) is 0 Å². The molecule has 2 aliphatic carbocycles. The average Bonchev–Trinajstić information content (AvgIpc) is 2.54. The molecule has 0 aliphatic heterocycles. The van der Waals surface area contributed by atoms with Crippen LogP contribution in [0, 0.1) is 11.3 Å². The van der Waals surface area contributed by atoms with E-state index in [1.54, 1.807) is 6.08 Å². The maximum Gasteiger partial charge on any atom is 0.155 e. The van der Waals surface area contributed by atoms with Gasteiger partial charge in [-0.25, -0.2) is 0 Å². The van der Waals surface area contributed by atoms with Crippen LogP contribution in [-0.2, 0) is 4.79 Å². The zero-order valence-electron chi connectivity index (χ0n) is 7.57. The predicted molar refractivity (Wildman–Crippen MR) is 50.1 cm³/mol. The Balaban J connectivity index is 2.22. The number of aliphatic hydroxyl groups excluding tert-OH is 1. The van der Waals surface area contributed by atoms with Crippen molar-refractivity contribution in [2.45, 2.75) is 19.3 Å². The van der Waals surface area contributed by atoms with Crippen molar-refractivity contribution in [3.05, 3.63) is 24.3 Å². The summed E-state index contributed by atoms with van der Waals surface area (Å²) in [6, 6.07) is 0. The topological polar surface area (TPSA) is 37.3 Å². The van der Waals surface area contributed by atoms with Crippen LogP contribution in [0.3, 0.4) is 0 Å². The van der Waals surface area contributed by atoms with Gasteiger partial charge in [-0.15, -0.1) is 0 Å². The first kappa shape index (κ1) is 8.70. The molecule has 0 bridgehead atoms. The summed E-state index contributed by atoms with van der Waals surface area (Å²) >= 11 is 0. The smallest absolute Gasteiger partial charge is 0.155 e. The second-order valence-electron chi connectivity index (χ2n) is 3.95. The van der Waals surface area contributed by atoms with Crippen LogP contribution in [0.15, 0.2) is 24.3 Å². The summed E-state index contributed by atoms with van der Waals surface area (Å²) in [7, 11) is 0. The number of aliphatic hydroxyl groups is 1. The molecule has 0 unspecified atom stereocenters. The molecule has 0 aromatic carbocycles. The standard InChI is InChI=1S/C11H14O2/c12-8-9-2-1-5-11(9)6-3-10(13)4-7-11/h1-3,6,9,12H,4-5,7-8H2/t9-,11+/m1/s1. The molecule has 2 rings (SSSR count). The highest BCUT2D eigenvalue weighted by Gasteiger charge is 2.38. The fraction of sp³-hybridized carbons (Fsp3) is 0.545. The van der Waals surface area contributed by atoms with Crippen LogP contribution in [0.5, 0.6) is 0 Å². The highest BCUT2D eigenvalue weighted by Crippen LogP contribution is 2.45. The second-order valence-corrected chi connectivity index (χ2v) is 3.95. The molecule has 2 aliphatic rings. The summed E-state index contributed by atoms with van der Waals surface area (Å²) in [5, 5.41) is 9.18. The molecule has 0 amide bonds. The Morgan fingerprint density at radius 3 is 3.08 bits per heavy atom. The number of hydrogen-bond acceptors (Lipinski definition) is 2. The third-order valence-corrected chi connectivity index (χ3v) is 3.24. The Labute approximate surface area is 78.0 Å². The summed E-state index contributed by atoms with van der Waals surface area (Å²) in [6.45, 7) is 0.190.